The zero-order valence-electron chi connectivity index (χ0n) is 17.7. The molecule has 1 aliphatic rings. The third kappa shape index (κ3) is 6.48. The van der Waals surface area contributed by atoms with Crippen LogP contribution in [0.1, 0.15) is 50.2 Å². The van der Waals surface area contributed by atoms with Crippen molar-refractivity contribution in [3.05, 3.63) is 29.3 Å². The number of hydrogen-bond acceptors (Lipinski definition) is 4. The third-order valence-electron chi connectivity index (χ3n) is 5.49. The van der Waals surface area contributed by atoms with Gasteiger partial charge in [-0.25, -0.2) is 8.42 Å². The van der Waals surface area contributed by atoms with Crippen molar-refractivity contribution in [2.75, 3.05) is 36.7 Å². The van der Waals surface area contributed by atoms with Gasteiger partial charge in [0.25, 0.3) is 0 Å². The van der Waals surface area contributed by atoms with Gasteiger partial charge in [0.05, 0.1) is 11.9 Å². The fraction of sp³-hybridized carbons (Fsp3) is 0.667. The molecule has 6 nitrogen and oxygen atoms in total. The van der Waals surface area contributed by atoms with E-state index in [1.54, 1.807) is 0 Å². The lowest BCUT2D eigenvalue weighted by molar-refractivity contribution is -0.119. The molecule has 0 saturated carbocycles. The van der Waals surface area contributed by atoms with E-state index in [4.69, 9.17) is 0 Å². The first-order valence-electron chi connectivity index (χ1n) is 10.3. The highest BCUT2D eigenvalue weighted by molar-refractivity contribution is 7.92. The summed E-state index contributed by atoms with van der Waals surface area (Å²) in [7, 11) is -3.55. The summed E-state index contributed by atoms with van der Waals surface area (Å²) in [5.41, 5.74) is 2.36. The van der Waals surface area contributed by atoms with Gasteiger partial charge < -0.3 is 10.2 Å². The second-order valence-corrected chi connectivity index (χ2v) is 9.76. The normalized spacial score (nSPS) is 18.1. The lowest BCUT2D eigenvalue weighted by atomic mass is 10.00. The molecule has 1 aromatic rings. The second kappa shape index (κ2) is 10.3. The number of anilines is 1. The summed E-state index contributed by atoms with van der Waals surface area (Å²) in [5.74, 6) is -0.267. The number of sulfonamides is 1. The first-order valence-corrected chi connectivity index (χ1v) is 12.1. The van der Waals surface area contributed by atoms with Crippen LogP contribution < -0.4 is 9.62 Å². The van der Waals surface area contributed by atoms with Crippen LogP contribution in [0.25, 0.3) is 0 Å². The topological polar surface area (TPSA) is 69.7 Å². The summed E-state index contributed by atoms with van der Waals surface area (Å²) >= 11 is 0. The lowest BCUT2D eigenvalue weighted by Gasteiger charge is -2.35. The van der Waals surface area contributed by atoms with Crippen LogP contribution in [0.4, 0.5) is 5.69 Å². The van der Waals surface area contributed by atoms with Crippen LogP contribution in [0.15, 0.2) is 18.2 Å². The Morgan fingerprint density at radius 2 is 2.04 bits per heavy atom. The molecule has 28 heavy (non-hydrogen) atoms. The fourth-order valence-corrected chi connectivity index (χ4v) is 4.79. The minimum atomic E-state index is -3.55. The number of amides is 1. The molecule has 158 valence electrons. The smallest absolute Gasteiger partial charge is 0.240 e. The van der Waals surface area contributed by atoms with Crippen molar-refractivity contribution < 1.29 is 13.2 Å². The van der Waals surface area contributed by atoms with Crippen LogP contribution in [-0.4, -0.2) is 57.7 Å². The van der Waals surface area contributed by atoms with Gasteiger partial charge >= 0.3 is 0 Å². The molecular formula is C21H35N3O3S. The van der Waals surface area contributed by atoms with E-state index in [0.717, 1.165) is 36.9 Å². The second-order valence-electron chi connectivity index (χ2n) is 7.86. The first kappa shape index (κ1) is 22.7. The van der Waals surface area contributed by atoms with Gasteiger partial charge in [-0.3, -0.25) is 9.10 Å². The van der Waals surface area contributed by atoms with Gasteiger partial charge in [0.1, 0.15) is 6.54 Å². The zero-order chi connectivity index (χ0) is 20.7. The highest BCUT2D eigenvalue weighted by atomic mass is 32.2. The first-order chi connectivity index (χ1) is 13.2. The molecule has 1 atom stereocenters. The fourth-order valence-electron chi connectivity index (χ4n) is 3.88. The van der Waals surface area contributed by atoms with Crippen molar-refractivity contribution >= 4 is 21.6 Å². The SMILES string of the molecule is CCC1CCCCN1CCCNC(=O)CN(c1cc(C)ccc1C)S(C)(=O)=O. The minimum absolute atomic E-state index is 0.190. The molecule has 0 radical (unpaired) electrons. The molecule has 1 fully saturated rings. The van der Waals surface area contributed by atoms with Crippen LogP contribution >= 0.6 is 0 Å². The van der Waals surface area contributed by atoms with E-state index in [1.807, 2.05) is 32.0 Å². The van der Waals surface area contributed by atoms with Crippen molar-refractivity contribution in [1.82, 2.24) is 10.2 Å². The summed E-state index contributed by atoms with van der Waals surface area (Å²) in [4.78, 5) is 14.9. The molecule has 0 spiro atoms. The maximum atomic E-state index is 12.4. The van der Waals surface area contributed by atoms with E-state index in [2.05, 4.69) is 17.1 Å². The maximum Gasteiger partial charge on any atom is 0.240 e. The third-order valence-corrected chi connectivity index (χ3v) is 6.61. The lowest BCUT2D eigenvalue weighted by Crippen LogP contribution is -2.43. The summed E-state index contributed by atoms with van der Waals surface area (Å²) in [6.45, 7) is 8.49. The van der Waals surface area contributed by atoms with Crippen molar-refractivity contribution in [3.63, 3.8) is 0 Å². The van der Waals surface area contributed by atoms with Crippen LogP contribution in [0.3, 0.4) is 0 Å². The molecule has 1 aromatic carbocycles. The minimum Gasteiger partial charge on any atom is -0.354 e. The molecule has 7 heteroatoms. The van der Waals surface area contributed by atoms with Gasteiger partial charge in [0, 0.05) is 19.1 Å². The summed E-state index contributed by atoms with van der Waals surface area (Å²) in [6, 6.07) is 6.28. The monoisotopic (exact) mass is 409 g/mol. The van der Waals surface area contributed by atoms with E-state index in [9.17, 15) is 13.2 Å². The Morgan fingerprint density at radius 1 is 1.29 bits per heavy atom. The molecule has 1 unspecified atom stereocenters. The predicted molar refractivity (Wildman–Crippen MR) is 115 cm³/mol. The summed E-state index contributed by atoms with van der Waals surface area (Å²) in [5, 5.41) is 2.89. The highest BCUT2D eigenvalue weighted by Gasteiger charge is 2.23. The van der Waals surface area contributed by atoms with Crippen molar-refractivity contribution in [3.8, 4) is 0 Å². The van der Waals surface area contributed by atoms with Crippen molar-refractivity contribution in [1.29, 1.82) is 0 Å². The Bertz CT molecular complexity index is 764. The van der Waals surface area contributed by atoms with Gasteiger partial charge in [-0.2, -0.15) is 0 Å². The predicted octanol–water partition coefficient (Wildman–Crippen LogP) is 2.84. The molecule has 0 aromatic heterocycles. The number of carbonyl (C=O) groups is 1. The van der Waals surface area contributed by atoms with E-state index in [1.165, 1.54) is 30.0 Å². The van der Waals surface area contributed by atoms with Crippen LogP contribution in [0.2, 0.25) is 0 Å². The number of piperidine rings is 1. The molecule has 0 aliphatic carbocycles. The van der Waals surface area contributed by atoms with Gasteiger partial charge in [-0.15, -0.1) is 0 Å². The number of aryl methyl sites for hydroxylation is 2. The summed E-state index contributed by atoms with van der Waals surface area (Å²) < 4.78 is 25.7. The Balaban J connectivity index is 1.89. The summed E-state index contributed by atoms with van der Waals surface area (Å²) in [6.07, 6.45) is 7.02. The van der Waals surface area contributed by atoms with E-state index in [0.29, 0.717) is 18.3 Å². The molecule has 1 N–H and O–H groups in total. The molecule has 0 bridgehead atoms. The van der Waals surface area contributed by atoms with Gasteiger partial charge in [0.2, 0.25) is 15.9 Å². The average Bonchev–Trinajstić information content (AvgIpc) is 2.65. The zero-order valence-corrected chi connectivity index (χ0v) is 18.5. The highest BCUT2D eigenvalue weighted by Crippen LogP contribution is 2.23. The van der Waals surface area contributed by atoms with Gasteiger partial charge in [-0.1, -0.05) is 25.5 Å². The Hall–Kier alpha value is -1.60. The average molecular weight is 410 g/mol. The number of likely N-dealkylation sites (tertiary alicyclic amines) is 1. The largest absolute Gasteiger partial charge is 0.354 e. The Morgan fingerprint density at radius 3 is 2.71 bits per heavy atom. The van der Waals surface area contributed by atoms with Crippen LogP contribution in [-0.2, 0) is 14.8 Å². The molecule has 1 heterocycles. The number of nitrogens with zero attached hydrogens (tertiary/aromatic N) is 2. The number of hydrogen-bond donors (Lipinski definition) is 1. The standard InChI is InChI=1S/C21H35N3O3S/c1-5-19-9-6-7-13-23(19)14-8-12-22-21(25)16-24(28(4,26)27)20-15-17(2)10-11-18(20)3/h10-11,15,19H,5-9,12-14,16H2,1-4H3,(H,22,25). The maximum absolute atomic E-state index is 12.4. The van der Waals surface area contributed by atoms with E-state index >= 15 is 0 Å². The van der Waals surface area contributed by atoms with Crippen molar-refractivity contribution in [2.45, 2.75) is 58.9 Å². The molecule has 2 rings (SSSR count). The number of nitrogens with one attached hydrogen (secondary N) is 1. The van der Waals surface area contributed by atoms with Crippen LogP contribution in [0, 0.1) is 13.8 Å². The molecule has 1 saturated heterocycles. The Labute approximate surface area is 170 Å². The van der Waals surface area contributed by atoms with E-state index < -0.39 is 10.0 Å². The number of benzene rings is 1. The number of carbonyl (C=O) groups excluding carboxylic acids is 1. The number of rotatable bonds is 9. The van der Waals surface area contributed by atoms with Crippen LogP contribution in [0.5, 0.6) is 0 Å². The quantitative estimate of drug-likeness (QED) is 0.637. The molecular weight excluding hydrogens is 374 g/mol. The molecule has 1 aliphatic heterocycles. The van der Waals surface area contributed by atoms with Gasteiger partial charge in [-0.05, 0) is 63.3 Å². The Kier molecular flexibility index (Phi) is 8.31. The van der Waals surface area contributed by atoms with Gasteiger partial charge in [0.15, 0.2) is 0 Å². The van der Waals surface area contributed by atoms with E-state index in [-0.39, 0.29) is 12.5 Å². The van der Waals surface area contributed by atoms with Crippen molar-refractivity contribution in [2.24, 2.45) is 0 Å². The molecule has 1 amide bonds.